The van der Waals surface area contributed by atoms with Crippen molar-refractivity contribution >= 4 is 43.6 Å². The zero-order chi connectivity index (χ0) is 18.7. The van der Waals surface area contributed by atoms with E-state index in [1.165, 1.54) is 54.7 Å². The van der Waals surface area contributed by atoms with Crippen molar-refractivity contribution in [3.8, 4) is 0 Å². The van der Waals surface area contributed by atoms with Crippen molar-refractivity contribution in [2.45, 2.75) is 6.42 Å². The molecule has 2 heterocycles. The first-order chi connectivity index (χ1) is 13.8. The molecule has 0 spiro atoms. The molecule has 28 heavy (non-hydrogen) atoms. The molecule has 0 aliphatic rings. The molecule has 0 saturated heterocycles. The monoisotopic (exact) mass is 360 g/mol. The van der Waals surface area contributed by atoms with E-state index in [9.17, 15) is 0 Å². The van der Waals surface area contributed by atoms with Gasteiger partial charge in [0, 0.05) is 50.7 Å². The molecule has 4 aromatic carbocycles. The average Bonchev–Trinajstić information content (AvgIpc) is 3.24. The van der Waals surface area contributed by atoms with Crippen molar-refractivity contribution in [3.05, 3.63) is 96.1 Å². The van der Waals surface area contributed by atoms with Crippen LogP contribution in [-0.2, 0) is 13.5 Å². The van der Waals surface area contributed by atoms with Gasteiger partial charge >= 0.3 is 0 Å². The quantitative estimate of drug-likeness (QED) is 0.361. The maximum atomic E-state index is 3.57. The van der Waals surface area contributed by atoms with Gasteiger partial charge in [0.1, 0.15) is 0 Å². The van der Waals surface area contributed by atoms with E-state index in [4.69, 9.17) is 0 Å². The summed E-state index contributed by atoms with van der Waals surface area (Å²) >= 11 is 0. The highest BCUT2D eigenvalue weighted by Crippen LogP contribution is 2.33. The first-order valence-electron chi connectivity index (χ1n) is 9.74. The molecule has 0 unspecified atom stereocenters. The van der Waals surface area contributed by atoms with Crippen LogP contribution in [0.1, 0.15) is 11.1 Å². The van der Waals surface area contributed by atoms with Gasteiger partial charge in [-0.1, -0.05) is 60.7 Å². The molecule has 0 fully saturated rings. The lowest BCUT2D eigenvalue weighted by Gasteiger charge is -2.06. The Morgan fingerprint density at radius 1 is 0.679 bits per heavy atom. The standard InChI is InChI=1S/C26H20N2/c1-28-24-11-5-3-9-21(24)26-18(7-6-12-25(26)28)15-17-13-14-20-19-8-2-4-10-22(19)27-23(20)16-17/h2-14,16,27H,15H2,1H3. The highest BCUT2D eigenvalue weighted by molar-refractivity contribution is 6.10. The van der Waals surface area contributed by atoms with Gasteiger partial charge in [0.15, 0.2) is 0 Å². The maximum Gasteiger partial charge on any atom is 0.0491 e. The molecule has 2 nitrogen and oxygen atoms in total. The molecular formula is C26H20N2. The summed E-state index contributed by atoms with van der Waals surface area (Å²) in [4.78, 5) is 3.57. The van der Waals surface area contributed by atoms with Crippen LogP contribution in [-0.4, -0.2) is 9.55 Å². The van der Waals surface area contributed by atoms with Gasteiger partial charge in [-0.05, 0) is 41.8 Å². The van der Waals surface area contributed by atoms with Crippen molar-refractivity contribution in [1.29, 1.82) is 0 Å². The Morgan fingerprint density at radius 3 is 2.36 bits per heavy atom. The fourth-order valence-electron chi connectivity index (χ4n) is 4.66. The van der Waals surface area contributed by atoms with E-state index in [-0.39, 0.29) is 0 Å². The van der Waals surface area contributed by atoms with Crippen LogP contribution in [0.25, 0.3) is 43.6 Å². The van der Waals surface area contributed by atoms with Crippen molar-refractivity contribution in [2.24, 2.45) is 7.05 Å². The van der Waals surface area contributed by atoms with Gasteiger partial charge in [-0.2, -0.15) is 0 Å². The summed E-state index contributed by atoms with van der Waals surface area (Å²) in [5.74, 6) is 0. The summed E-state index contributed by atoms with van der Waals surface area (Å²) in [5.41, 5.74) is 7.71. The van der Waals surface area contributed by atoms with Crippen molar-refractivity contribution in [1.82, 2.24) is 9.55 Å². The number of fused-ring (bicyclic) bond motifs is 6. The maximum absolute atomic E-state index is 3.57. The highest BCUT2D eigenvalue weighted by Gasteiger charge is 2.12. The topological polar surface area (TPSA) is 20.7 Å². The Hall–Kier alpha value is -3.52. The fourth-order valence-corrected chi connectivity index (χ4v) is 4.66. The SMILES string of the molecule is Cn1c2ccccc2c2c(Cc3ccc4c(c3)[nH]c3ccccc34)cccc21. The second-order valence-electron chi connectivity index (χ2n) is 7.61. The summed E-state index contributed by atoms with van der Waals surface area (Å²) in [6, 6.07) is 30.7. The van der Waals surface area contributed by atoms with E-state index in [0.717, 1.165) is 6.42 Å². The lowest BCUT2D eigenvalue weighted by atomic mass is 9.98. The van der Waals surface area contributed by atoms with Crippen LogP contribution in [0.15, 0.2) is 84.9 Å². The Kier molecular flexibility index (Phi) is 3.18. The number of H-pyrrole nitrogens is 1. The molecule has 1 N–H and O–H groups in total. The van der Waals surface area contributed by atoms with Gasteiger partial charge in [-0.15, -0.1) is 0 Å². The van der Waals surface area contributed by atoms with Gasteiger partial charge in [0.2, 0.25) is 0 Å². The number of hydrogen-bond donors (Lipinski definition) is 1. The minimum absolute atomic E-state index is 0.927. The van der Waals surface area contributed by atoms with E-state index in [0.29, 0.717) is 0 Å². The minimum Gasteiger partial charge on any atom is -0.355 e. The van der Waals surface area contributed by atoms with Crippen LogP contribution in [0.4, 0.5) is 0 Å². The van der Waals surface area contributed by atoms with Gasteiger partial charge in [0.05, 0.1) is 0 Å². The second-order valence-corrected chi connectivity index (χ2v) is 7.61. The molecule has 0 radical (unpaired) electrons. The minimum atomic E-state index is 0.927. The zero-order valence-corrected chi connectivity index (χ0v) is 15.7. The third-order valence-corrected chi connectivity index (χ3v) is 5.99. The number of aromatic nitrogens is 2. The number of rotatable bonds is 2. The van der Waals surface area contributed by atoms with Gasteiger partial charge in [0.25, 0.3) is 0 Å². The summed E-state index contributed by atoms with van der Waals surface area (Å²) in [5, 5.41) is 5.29. The summed E-state index contributed by atoms with van der Waals surface area (Å²) < 4.78 is 2.30. The smallest absolute Gasteiger partial charge is 0.0491 e. The summed E-state index contributed by atoms with van der Waals surface area (Å²) in [6.45, 7) is 0. The second kappa shape index (κ2) is 5.74. The third-order valence-electron chi connectivity index (χ3n) is 5.99. The molecular weight excluding hydrogens is 340 g/mol. The van der Waals surface area contributed by atoms with E-state index >= 15 is 0 Å². The predicted octanol–water partition coefficient (Wildman–Crippen LogP) is 6.56. The lowest BCUT2D eigenvalue weighted by molar-refractivity contribution is 1.01. The Balaban J connectivity index is 1.53. The van der Waals surface area contributed by atoms with Crippen molar-refractivity contribution in [2.75, 3.05) is 0 Å². The third kappa shape index (κ3) is 2.15. The number of aromatic amines is 1. The van der Waals surface area contributed by atoms with E-state index in [1.807, 2.05) is 0 Å². The first-order valence-corrected chi connectivity index (χ1v) is 9.74. The van der Waals surface area contributed by atoms with Crippen molar-refractivity contribution in [3.63, 3.8) is 0 Å². The number of para-hydroxylation sites is 2. The Bertz CT molecular complexity index is 1500. The normalized spacial score (nSPS) is 11.9. The van der Waals surface area contributed by atoms with Crippen molar-refractivity contribution < 1.29 is 0 Å². The van der Waals surface area contributed by atoms with Crippen LogP contribution in [0.5, 0.6) is 0 Å². The largest absolute Gasteiger partial charge is 0.355 e. The number of benzene rings is 4. The molecule has 0 atom stereocenters. The summed E-state index contributed by atoms with van der Waals surface area (Å²) in [6.07, 6.45) is 0.927. The van der Waals surface area contributed by atoms with E-state index in [2.05, 4.69) is 102 Å². The number of hydrogen-bond acceptors (Lipinski definition) is 0. The van der Waals surface area contributed by atoms with Crippen LogP contribution < -0.4 is 0 Å². The number of aryl methyl sites for hydroxylation is 1. The summed E-state index contributed by atoms with van der Waals surface area (Å²) in [7, 11) is 2.16. The molecule has 0 aliphatic heterocycles. The van der Waals surface area contributed by atoms with Crippen LogP contribution in [0.3, 0.4) is 0 Å². The first kappa shape index (κ1) is 15.5. The van der Waals surface area contributed by atoms with E-state index in [1.54, 1.807) is 0 Å². The average molecular weight is 360 g/mol. The fraction of sp³-hybridized carbons (Fsp3) is 0.0769. The van der Waals surface area contributed by atoms with Crippen LogP contribution in [0, 0.1) is 0 Å². The predicted molar refractivity (Wildman–Crippen MR) is 119 cm³/mol. The highest BCUT2D eigenvalue weighted by atomic mass is 14.9. The molecule has 2 heteroatoms. The lowest BCUT2D eigenvalue weighted by Crippen LogP contribution is -1.91. The molecule has 0 aliphatic carbocycles. The molecule has 134 valence electrons. The molecule has 0 amide bonds. The molecule has 6 aromatic rings. The van der Waals surface area contributed by atoms with E-state index < -0.39 is 0 Å². The van der Waals surface area contributed by atoms with Crippen LogP contribution >= 0.6 is 0 Å². The molecule has 6 rings (SSSR count). The number of nitrogens with one attached hydrogen (secondary N) is 1. The van der Waals surface area contributed by atoms with Gasteiger partial charge < -0.3 is 9.55 Å². The Morgan fingerprint density at radius 2 is 1.43 bits per heavy atom. The molecule has 0 bridgehead atoms. The number of nitrogens with zero attached hydrogens (tertiary/aromatic N) is 1. The van der Waals surface area contributed by atoms with Crippen LogP contribution in [0.2, 0.25) is 0 Å². The Labute approximate surface area is 163 Å². The zero-order valence-electron chi connectivity index (χ0n) is 15.7. The molecule has 2 aromatic heterocycles. The van der Waals surface area contributed by atoms with Gasteiger partial charge in [-0.25, -0.2) is 0 Å². The van der Waals surface area contributed by atoms with Gasteiger partial charge in [-0.3, -0.25) is 0 Å². The molecule has 0 saturated carbocycles.